The normalized spacial score (nSPS) is 16.4. The van der Waals surface area contributed by atoms with Crippen LogP contribution in [0, 0.1) is 0 Å². The van der Waals surface area contributed by atoms with Crippen LogP contribution in [-0.4, -0.2) is 30.4 Å². The molecule has 1 aliphatic heterocycles. The number of nitrogens with one attached hydrogen (secondary N) is 1. The van der Waals surface area contributed by atoms with Crippen LogP contribution < -0.4 is 5.32 Å². The van der Waals surface area contributed by atoms with Gasteiger partial charge in [-0.1, -0.05) is 29.3 Å². The van der Waals surface area contributed by atoms with Crippen LogP contribution in [0.3, 0.4) is 0 Å². The number of benzene rings is 1. The van der Waals surface area contributed by atoms with E-state index in [2.05, 4.69) is 10.2 Å². The van der Waals surface area contributed by atoms with Crippen molar-refractivity contribution in [2.75, 3.05) is 19.6 Å². The molecule has 1 N–H and O–H groups in total. The van der Waals surface area contributed by atoms with Crippen molar-refractivity contribution in [3.8, 4) is 0 Å². The first-order valence-corrected chi connectivity index (χ1v) is 9.07. The molecule has 1 atom stereocenters. The van der Waals surface area contributed by atoms with E-state index in [0.29, 0.717) is 16.6 Å². The third-order valence-corrected chi connectivity index (χ3v) is 5.03. The molecule has 1 fully saturated rings. The van der Waals surface area contributed by atoms with E-state index in [0.717, 1.165) is 24.4 Å². The van der Waals surface area contributed by atoms with Gasteiger partial charge in [0.15, 0.2) is 0 Å². The molecule has 1 amide bonds. The molecule has 3 rings (SSSR count). The lowest BCUT2D eigenvalue weighted by molar-refractivity contribution is -0.116. The maximum absolute atomic E-state index is 12.2. The third kappa shape index (κ3) is 4.88. The Balaban J connectivity index is 1.59. The Morgan fingerprint density at radius 2 is 2.04 bits per heavy atom. The van der Waals surface area contributed by atoms with Crippen LogP contribution in [0.2, 0.25) is 10.0 Å². The van der Waals surface area contributed by atoms with Crippen molar-refractivity contribution in [3.05, 3.63) is 64.0 Å². The zero-order valence-corrected chi connectivity index (χ0v) is 15.3. The largest absolute Gasteiger partial charge is 0.468 e. The first-order chi connectivity index (χ1) is 12.1. The number of hydrogen-bond donors (Lipinski definition) is 1. The van der Waals surface area contributed by atoms with Crippen molar-refractivity contribution in [2.24, 2.45) is 0 Å². The number of halogens is 2. The first-order valence-electron chi connectivity index (χ1n) is 8.32. The van der Waals surface area contributed by atoms with Gasteiger partial charge >= 0.3 is 0 Å². The minimum absolute atomic E-state index is 0.0693. The van der Waals surface area contributed by atoms with Gasteiger partial charge in [-0.15, -0.1) is 0 Å². The summed E-state index contributed by atoms with van der Waals surface area (Å²) < 4.78 is 5.56. The fourth-order valence-corrected chi connectivity index (χ4v) is 3.29. The SMILES string of the molecule is O=C(/C=C/c1ccc(Cl)c(Cl)c1)NC[C@@H](c1ccco1)N1CCCC1. The summed E-state index contributed by atoms with van der Waals surface area (Å²) in [6, 6.07) is 9.16. The topological polar surface area (TPSA) is 45.5 Å². The van der Waals surface area contributed by atoms with Crippen molar-refractivity contribution in [3.63, 3.8) is 0 Å². The fourth-order valence-electron chi connectivity index (χ4n) is 2.99. The molecule has 0 unspecified atom stereocenters. The molecular weight excluding hydrogens is 359 g/mol. The van der Waals surface area contributed by atoms with Gasteiger partial charge in [-0.25, -0.2) is 0 Å². The molecule has 6 heteroatoms. The summed E-state index contributed by atoms with van der Waals surface area (Å²) in [6.45, 7) is 2.57. The monoisotopic (exact) mass is 378 g/mol. The number of hydrogen-bond acceptors (Lipinski definition) is 3. The quantitative estimate of drug-likeness (QED) is 0.749. The highest BCUT2D eigenvalue weighted by Crippen LogP contribution is 2.25. The number of amides is 1. The zero-order chi connectivity index (χ0) is 17.6. The Kier molecular flexibility index (Phi) is 6.19. The van der Waals surface area contributed by atoms with Gasteiger partial charge in [0.2, 0.25) is 5.91 Å². The number of rotatable bonds is 6. The zero-order valence-electron chi connectivity index (χ0n) is 13.8. The summed E-state index contributed by atoms with van der Waals surface area (Å²) in [6.07, 6.45) is 7.26. The van der Waals surface area contributed by atoms with Crippen molar-refractivity contribution < 1.29 is 9.21 Å². The van der Waals surface area contributed by atoms with Crippen molar-refractivity contribution in [1.29, 1.82) is 0 Å². The molecule has 2 heterocycles. The highest BCUT2D eigenvalue weighted by molar-refractivity contribution is 6.42. The van der Waals surface area contributed by atoms with Gasteiger partial charge < -0.3 is 9.73 Å². The van der Waals surface area contributed by atoms with Crippen molar-refractivity contribution >= 4 is 35.2 Å². The Morgan fingerprint density at radius 3 is 2.72 bits per heavy atom. The molecule has 0 spiro atoms. The summed E-state index contributed by atoms with van der Waals surface area (Å²) in [5, 5.41) is 3.92. The highest BCUT2D eigenvalue weighted by Gasteiger charge is 2.25. The second-order valence-electron chi connectivity index (χ2n) is 6.03. The number of carbonyl (C=O) groups excluding carboxylic acids is 1. The molecule has 1 aromatic heterocycles. The van der Waals surface area contributed by atoms with Crippen LogP contribution in [0.1, 0.15) is 30.2 Å². The Morgan fingerprint density at radius 1 is 1.24 bits per heavy atom. The average molecular weight is 379 g/mol. The minimum atomic E-state index is -0.151. The summed E-state index contributed by atoms with van der Waals surface area (Å²) in [7, 11) is 0. The van der Waals surface area contributed by atoms with Gasteiger partial charge in [-0.05, 0) is 61.8 Å². The molecule has 4 nitrogen and oxygen atoms in total. The van der Waals surface area contributed by atoms with E-state index in [1.807, 2.05) is 18.2 Å². The van der Waals surface area contributed by atoms with Gasteiger partial charge in [-0.2, -0.15) is 0 Å². The number of furan rings is 1. The fraction of sp³-hybridized carbons (Fsp3) is 0.316. The molecule has 2 aromatic rings. The first kappa shape index (κ1) is 18.1. The van der Waals surface area contributed by atoms with E-state index in [1.54, 1.807) is 24.5 Å². The van der Waals surface area contributed by atoms with E-state index >= 15 is 0 Å². The van der Waals surface area contributed by atoms with Crippen LogP contribution in [0.5, 0.6) is 0 Å². The molecule has 1 aliphatic rings. The second-order valence-corrected chi connectivity index (χ2v) is 6.84. The van der Waals surface area contributed by atoms with Gasteiger partial charge in [-0.3, -0.25) is 9.69 Å². The molecule has 0 radical (unpaired) electrons. The lowest BCUT2D eigenvalue weighted by atomic mass is 10.2. The van der Waals surface area contributed by atoms with Gasteiger partial charge in [0.1, 0.15) is 5.76 Å². The van der Waals surface area contributed by atoms with Crippen molar-refractivity contribution in [2.45, 2.75) is 18.9 Å². The van der Waals surface area contributed by atoms with E-state index in [1.165, 1.54) is 18.9 Å². The minimum Gasteiger partial charge on any atom is -0.468 e. The lowest BCUT2D eigenvalue weighted by Crippen LogP contribution is -2.36. The number of likely N-dealkylation sites (tertiary alicyclic amines) is 1. The van der Waals surface area contributed by atoms with E-state index in [4.69, 9.17) is 27.6 Å². The number of nitrogens with zero attached hydrogens (tertiary/aromatic N) is 1. The summed E-state index contributed by atoms with van der Waals surface area (Å²) in [4.78, 5) is 14.5. The van der Waals surface area contributed by atoms with Crippen LogP contribution in [0.15, 0.2) is 47.1 Å². The average Bonchev–Trinajstić information content (AvgIpc) is 3.30. The molecule has 0 bridgehead atoms. The predicted octanol–water partition coefficient (Wildman–Crippen LogP) is 4.55. The van der Waals surface area contributed by atoms with Crippen LogP contribution in [0.25, 0.3) is 6.08 Å². The molecule has 1 saturated heterocycles. The summed E-state index contributed by atoms with van der Waals surface area (Å²) in [5.74, 6) is 0.734. The van der Waals surface area contributed by atoms with E-state index in [-0.39, 0.29) is 11.9 Å². The summed E-state index contributed by atoms with van der Waals surface area (Å²) >= 11 is 11.9. The van der Waals surface area contributed by atoms with Gasteiger partial charge in [0, 0.05) is 12.6 Å². The van der Waals surface area contributed by atoms with Gasteiger partial charge in [0.05, 0.1) is 22.4 Å². The second kappa shape index (κ2) is 8.56. The maximum atomic E-state index is 12.2. The Labute approximate surface area is 157 Å². The maximum Gasteiger partial charge on any atom is 0.244 e. The van der Waals surface area contributed by atoms with Crippen molar-refractivity contribution in [1.82, 2.24) is 10.2 Å². The van der Waals surface area contributed by atoms with Crippen LogP contribution in [0.4, 0.5) is 0 Å². The standard InChI is InChI=1S/C19H20Cl2N2O2/c20-15-7-5-14(12-16(15)21)6-8-19(24)22-13-17(18-4-3-11-25-18)23-9-1-2-10-23/h3-8,11-12,17H,1-2,9-10,13H2,(H,22,24)/b8-6+/t17-/m0/s1. The molecular formula is C19H20Cl2N2O2. The molecule has 25 heavy (non-hydrogen) atoms. The van der Waals surface area contributed by atoms with E-state index in [9.17, 15) is 4.79 Å². The lowest BCUT2D eigenvalue weighted by Gasteiger charge is -2.25. The van der Waals surface area contributed by atoms with Gasteiger partial charge in [0.25, 0.3) is 0 Å². The number of carbonyl (C=O) groups is 1. The molecule has 132 valence electrons. The van der Waals surface area contributed by atoms with E-state index < -0.39 is 0 Å². The van der Waals surface area contributed by atoms with Crippen LogP contribution in [-0.2, 0) is 4.79 Å². The highest BCUT2D eigenvalue weighted by atomic mass is 35.5. The third-order valence-electron chi connectivity index (χ3n) is 4.29. The smallest absolute Gasteiger partial charge is 0.244 e. The van der Waals surface area contributed by atoms with Crippen LogP contribution >= 0.6 is 23.2 Å². The summed E-state index contributed by atoms with van der Waals surface area (Å²) in [5.41, 5.74) is 0.826. The Bertz CT molecular complexity index is 738. The Hall–Kier alpha value is -1.75. The molecule has 1 aromatic carbocycles. The predicted molar refractivity (Wildman–Crippen MR) is 101 cm³/mol. The molecule has 0 saturated carbocycles. The molecule has 0 aliphatic carbocycles.